The number of nitrogens with one attached hydrogen (secondary N) is 1. The highest BCUT2D eigenvalue weighted by Gasteiger charge is 2.16. The van der Waals surface area contributed by atoms with Gasteiger partial charge in [-0.1, -0.05) is 13.8 Å². The van der Waals surface area contributed by atoms with Crippen LogP contribution in [0.1, 0.15) is 24.2 Å². The maximum absolute atomic E-state index is 11.8. The van der Waals surface area contributed by atoms with Gasteiger partial charge in [0.15, 0.2) is 11.5 Å². The first-order chi connectivity index (χ1) is 7.95. The van der Waals surface area contributed by atoms with E-state index in [9.17, 15) is 9.90 Å². The lowest BCUT2D eigenvalue weighted by molar-refractivity contribution is 0.0927. The minimum Gasteiger partial charge on any atom is -0.504 e. The summed E-state index contributed by atoms with van der Waals surface area (Å²) in [6, 6.07) is 3.83. The van der Waals surface area contributed by atoms with Gasteiger partial charge in [0, 0.05) is 18.2 Å². The molecule has 0 aliphatic carbocycles. The SMILES string of the molecule is CC(C)C(CN)NC(=O)c1ccc(O)c(O)c1. The molecular formula is C12H18N2O3. The van der Waals surface area contributed by atoms with Gasteiger partial charge < -0.3 is 21.3 Å². The number of phenols is 2. The van der Waals surface area contributed by atoms with E-state index >= 15 is 0 Å². The highest BCUT2D eigenvalue weighted by Crippen LogP contribution is 2.24. The normalized spacial score (nSPS) is 12.5. The summed E-state index contributed by atoms with van der Waals surface area (Å²) in [5.74, 6) is -0.647. The number of hydrogen-bond donors (Lipinski definition) is 4. The Morgan fingerprint density at radius 2 is 2.00 bits per heavy atom. The highest BCUT2D eigenvalue weighted by molar-refractivity contribution is 5.95. The molecule has 0 aliphatic heterocycles. The second-order valence-corrected chi connectivity index (χ2v) is 4.26. The van der Waals surface area contributed by atoms with Gasteiger partial charge in [-0.15, -0.1) is 0 Å². The zero-order chi connectivity index (χ0) is 13.0. The van der Waals surface area contributed by atoms with Crippen molar-refractivity contribution in [2.75, 3.05) is 6.54 Å². The number of benzene rings is 1. The van der Waals surface area contributed by atoms with Crippen molar-refractivity contribution >= 4 is 5.91 Å². The molecule has 0 heterocycles. The van der Waals surface area contributed by atoms with Crippen LogP contribution >= 0.6 is 0 Å². The van der Waals surface area contributed by atoms with Gasteiger partial charge in [-0.25, -0.2) is 0 Å². The molecule has 0 saturated carbocycles. The first-order valence-corrected chi connectivity index (χ1v) is 5.48. The predicted octanol–water partition coefficient (Wildman–Crippen LogP) is 0.811. The van der Waals surface area contributed by atoms with Crippen molar-refractivity contribution in [3.05, 3.63) is 23.8 Å². The number of nitrogens with two attached hydrogens (primary N) is 1. The number of carbonyl (C=O) groups excluding carboxylic acids is 1. The summed E-state index contributed by atoms with van der Waals surface area (Å²) in [7, 11) is 0. The minimum atomic E-state index is -0.315. The zero-order valence-corrected chi connectivity index (χ0v) is 9.97. The van der Waals surface area contributed by atoms with E-state index in [1.54, 1.807) is 0 Å². The van der Waals surface area contributed by atoms with Gasteiger partial charge in [-0.05, 0) is 24.1 Å². The topological polar surface area (TPSA) is 95.6 Å². The van der Waals surface area contributed by atoms with E-state index in [0.29, 0.717) is 12.1 Å². The zero-order valence-electron chi connectivity index (χ0n) is 9.97. The van der Waals surface area contributed by atoms with Crippen LogP contribution < -0.4 is 11.1 Å². The number of aromatic hydroxyl groups is 2. The van der Waals surface area contributed by atoms with Crippen molar-refractivity contribution in [3.8, 4) is 11.5 Å². The Hall–Kier alpha value is -1.75. The van der Waals surface area contributed by atoms with Crippen LogP contribution in [-0.2, 0) is 0 Å². The molecule has 5 heteroatoms. The molecule has 94 valence electrons. The lowest BCUT2D eigenvalue weighted by atomic mass is 10.0. The van der Waals surface area contributed by atoms with Crippen LogP contribution in [0.5, 0.6) is 11.5 Å². The summed E-state index contributed by atoms with van der Waals surface area (Å²) >= 11 is 0. The number of phenolic OH excluding ortho intramolecular Hbond substituents is 2. The summed E-state index contributed by atoms with van der Waals surface area (Å²) in [4.78, 5) is 11.8. The van der Waals surface area contributed by atoms with Crippen LogP contribution in [0.2, 0.25) is 0 Å². The Balaban J connectivity index is 2.79. The van der Waals surface area contributed by atoms with Gasteiger partial charge in [-0.3, -0.25) is 4.79 Å². The molecule has 0 bridgehead atoms. The van der Waals surface area contributed by atoms with Gasteiger partial charge in [0.2, 0.25) is 0 Å². The van der Waals surface area contributed by atoms with Crippen molar-refractivity contribution in [1.29, 1.82) is 0 Å². The van der Waals surface area contributed by atoms with Gasteiger partial charge in [0.05, 0.1) is 0 Å². The fraction of sp³-hybridized carbons (Fsp3) is 0.417. The molecule has 0 fully saturated rings. The van der Waals surface area contributed by atoms with E-state index in [4.69, 9.17) is 10.8 Å². The van der Waals surface area contributed by atoms with Crippen LogP contribution in [0, 0.1) is 5.92 Å². The summed E-state index contributed by atoms with van der Waals surface area (Å²) < 4.78 is 0. The summed E-state index contributed by atoms with van der Waals surface area (Å²) in [5, 5.41) is 21.2. The molecule has 5 nitrogen and oxygen atoms in total. The summed E-state index contributed by atoms with van der Waals surface area (Å²) in [6.07, 6.45) is 0. The quantitative estimate of drug-likeness (QED) is 0.584. The molecule has 0 aromatic heterocycles. The number of rotatable bonds is 4. The van der Waals surface area contributed by atoms with Crippen LogP contribution in [0.3, 0.4) is 0 Å². The summed E-state index contributed by atoms with van der Waals surface area (Å²) in [6.45, 7) is 4.28. The van der Waals surface area contributed by atoms with Crippen LogP contribution in [0.4, 0.5) is 0 Å². The Morgan fingerprint density at radius 1 is 1.35 bits per heavy atom. The Kier molecular flexibility index (Phi) is 4.34. The molecule has 0 aliphatic rings. The molecule has 1 amide bonds. The van der Waals surface area contributed by atoms with Gasteiger partial charge in [0.1, 0.15) is 0 Å². The van der Waals surface area contributed by atoms with Crippen molar-refractivity contribution < 1.29 is 15.0 Å². The molecule has 1 aromatic rings. The van der Waals surface area contributed by atoms with E-state index in [0.717, 1.165) is 0 Å². The maximum Gasteiger partial charge on any atom is 0.251 e. The standard InChI is InChI=1S/C12H18N2O3/c1-7(2)9(6-13)14-12(17)8-3-4-10(15)11(16)5-8/h3-5,7,9,15-16H,6,13H2,1-2H3,(H,14,17). The third kappa shape index (κ3) is 3.35. The maximum atomic E-state index is 11.8. The van der Waals surface area contributed by atoms with Crippen molar-refractivity contribution in [1.82, 2.24) is 5.32 Å². The molecule has 17 heavy (non-hydrogen) atoms. The third-order valence-corrected chi connectivity index (χ3v) is 2.61. The fourth-order valence-corrected chi connectivity index (χ4v) is 1.41. The first kappa shape index (κ1) is 13.3. The molecule has 1 rings (SSSR count). The smallest absolute Gasteiger partial charge is 0.251 e. The molecular weight excluding hydrogens is 220 g/mol. The fourth-order valence-electron chi connectivity index (χ4n) is 1.41. The van der Waals surface area contributed by atoms with E-state index in [1.165, 1.54) is 18.2 Å². The van der Waals surface area contributed by atoms with Crippen molar-refractivity contribution in [2.45, 2.75) is 19.9 Å². The molecule has 5 N–H and O–H groups in total. The number of carbonyl (C=O) groups is 1. The lowest BCUT2D eigenvalue weighted by Crippen LogP contribution is -2.43. The third-order valence-electron chi connectivity index (χ3n) is 2.61. The van der Waals surface area contributed by atoms with Crippen molar-refractivity contribution in [3.63, 3.8) is 0 Å². The predicted molar refractivity (Wildman–Crippen MR) is 64.9 cm³/mol. The molecule has 1 atom stereocenters. The Morgan fingerprint density at radius 3 is 2.47 bits per heavy atom. The van der Waals surface area contributed by atoms with Crippen molar-refractivity contribution in [2.24, 2.45) is 11.7 Å². The Labute approximate surface area is 100 Å². The molecule has 0 saturated heterocycles. The summed E-state index contributed by atoms with van der Waals surface area (Å²) in [5.41, 5.74) is 5.84. The molecule has 1 unspecified atom stereocenters. The van der Waals surface area contributed by atoms with E-state index in [1.807, 2.05) is 13.8 Å². The molecule has 0 radical (unpaired) electrons. The number of hydrogen-bond acceptors (Lipinski definition) is 4. The number of amides is 1. The lowest BCUT2D eigenvalue weighted by Gasteiger charge is -2.20. The van der Waals surface area contributed by atoms with E-state index in [-0.39, 0.29) is 29.4 Å². The molecule has 0 spiro atoms. The van der Waals surface area contributed by atoms with Crippen LogP contribution in [0.25, 0.3) is 0 Å². The molecule has 1 aromatic carbocycles. The van der Waals surface area contributed by atoms with Crippen LogP contribution in [0.15, 0.2) is 18.2 Å². The van der Waals surface area contributed by atoms with Gasteiger partial charge in [-0.2, -0.15) is 0 Å². The second-order valence-electron chi connectivity index (χ2n) is 4.26. The second kappa shape index (κ2) is 5.54. The minimum absolute atomic E-state index is 0.113. The first-order valence-electron chi connectivity index (χ1n) is 5.48. The van der Waals surface area contributed by atoms with Gasteiger partial charge >= 0.3 is 0 Å². The van der Waals surface area contributed by atoms with E-state index < -0.39 is 0 Å². The van der Waals surface area contributed by atoms with Gasteiger partial charge in [0.25, 0.3) is 5.91 Å². The van der Waals surface area contributed by atoms with E-state index in [2.05, 4.69) is 5.32 Å². The Bertz CT molecular complexity index is 405. The monoisotopic (exact) mass is 238 g/mol. The average Bonchev–Trinajstić information content (AvgIpc) is 2.28. The average molecular weight is 238 g/mol. The van der Waals surface area contributed by atoms with Crippen LogP contribution in [-0.4, -0.2) is 28.7 Å². The largest absolute Gasteiger partial charge is 0.504 e. The highest BCUT2D eigenvalue weighted by atomic mass is 16.3.